The minimum absolute atomic E-state index is 0.00546. The molecule has 2 rings (SSSR count). The van der Waals surface area contributed by atoms with E-state index in [9.17, 15) is 14.4 Å². The predicted octanol–water partition coefficient (Wildman–Crippen LogP) is 2.74. The molecule has 0 bridgehead atoms. The Hall–Kier alpha value is -2.37. The number of esters is 1. The van der Waals surface area contributed by atoms with Crippen LogP contribution < -0.4 is 10.6 Å². The Balaban J connectivity index is 1.89. The molecule has 0 heterocycles. The minimum atomic E-state index is -0.437. The van der Waals surface area contributed by atoms with Crippen molar-refractivity contribution in [3.8, 4) is 0 Å². The van der Waals surface area contributed by atoms with Gasteiger partial charge in [-0.1, -0.05) is 6.07 Å². The summed E-state index contributed by atoms with van der Waals surface area (Å²) in [5.74, 6) is -0.531. The van der Waals surface area contributed by atoms with Crippen molar-refractivity contribution in [3.63, 3.8) is 0 Å². The van der Waals surface area contributed by atoms with Gasteiger partial charge >= 0.3 is 5.97 Å². The SMILES string of the molecule is COC(=O)c1cccc(NC(=O)C2CCC(C(=O)NC(C)C)CC2)c1. The first-order valence-corrected chi connectivity index (χ1v) is 8.70. The van der Waals surface area contributed by atoms with Gasteiger partial charge in [0.05, 0.1) is 12.7 Å². The van der Waals surface area contributed by atoms with Crippen molar-refractivity contribution >= 4 is 23.5 Å². The van der Waals surface area contributed by atoms with Gasteiger partial charge in [-0.25, -0.2) is 4.79 Å². The van der Waals surface area contributed by atoms with Gasteiger partial charge in [0.2, 0.25) is 11.8 Å². The van der Waals surface area contributed by atoms with Crippen molar-refractivity contribution < 1.29 is 19.1 Å². The maximum atomic E-state index is 12.4. The molecule has 1 aliphatic carbocycles. The number of hydrogen-bond donors (Lipinski definition) is 2. The largest absolute Gasteiger partial charge is 0.465 e. The van der Waals surface area contributed by atoms with Gasteiger partial charge in [0, 0.05) is 23.6 Å². The summed E-state index contributed by atoms with van der Waals surface area (Å²) in [6, 6.07) is 6.82. The van der Waals surface area contributed by atoms with Crippen LogP contribution in [-0.2, 0) is 14.3 Å². The molecular weight excluding hydrogens is 320 g/mol. The smallest absolute Gasteiger partial charge is 0.337 e. The molecule has 0 saturated heterocycles. The van der Waals surface area contributed by atoms with Crippen LogP contribution in [0.25, 0.3) is 0 Å². The second-order valence-corrected chi connectivity index (χ2v) is 6.77. The zero-order chi connectivity index (χ0) is 18.4. The van der Waals surface area contributed by atoms with Crippen molar-refractivity contribution in [1.29, 1.82) is 0 Å². The molecule has 6 nitrogen and oxygen atoms in total. The molecule has 0 aliphatic heterocycles. The van der Waals surface area contributed by atoms with Crippen LogP contribution in [0.3, 0.4) is 0 Å². The monoisotopic (exact) mass is 346 g/mol. The highest BCUT2D eigenvalue weighted by atomic mass is 16.5. The molecule has 0 aromatic heterocycles. The van der Waals surface area contributed by atoms with E-state index in [0.29, 0.717) is 24.1 Å². The number of methoxy groups -OCH3 is 1. The lowest BCUT2D eigenvalue weighted by atomic mass is 9.81. The number of ether oxygens (including phenoxy) is 1. The summed E-state index contributed by atoms with van der Waals surface area (Å²) in [6.07, 6.45) is 2.83. The second kappa shape index (κ2) is 8.65. The molecule has 25 heavy (non-hydrogen) atoms. The standard InChI is InChI=1S/C19H26N2O4/c1-12(2)20-17(22)13-7-9-14(10-8-13)18(23)21-16-6-4-5-15(11-16)19(24)25-3/h4-6,11-14H,7-10H2,1-3H3,(H,20,22)(H,21,23). The third-order valence-electron chi connectivity index (χ3n) is 4.45. The lowest BCUT2D eigenvalue weighted by Crippen LogP contribution is -2.38. The van der Waals surface area contributed by atoms with Gasteiger partial charge in [0.25, 0.3) is 0 Å². The molecule has 1 aromatic rings. The summed E-state index contributed by atoms with van der Waals surface area (Å²) in [5, 5.41) is 5.80. The molecule has 0 spiro atoms. The lowest BCUT2D eigenvalue weighted by molar-refractivity contribution is -0.128. The van der Waals surface area contributed by atoms with E-state index in [1.54, 1.807) is 24.3 Å². The summed E-state index contributed by atoms with van der Waals surface area (Å²) in [6.45, 7) is 3.89. The number of amides is 2. The molecule has 1 fully saturated rings. The lowest BCUT2D eigenvalue weighted by Gasteiger charge is -2.27. The molecule has 6 heteroatoms. The van der Waals surface area contributed by atoms with E-state index in [-0.39, 0.29) is 29.7 Å². The Morgan fingerprint density at radius 3 is 2.20 bits per heavy atom. The summed E-state index contributed by atoms with van der Waals surface area (Å²) in [4.78, 5) is 36.1. The predicted molar refractivity (Wildman–Crippen MR) is 95.1 cm³/mol. The van der Waals surface area contributed by atoms with Crippen LogP contribution in [0.15, 0.2) is 24.3 Å². The van der Waals surface area contributed by atoms with Crippen LogP contribution in [0.4, 0.5) is 5.69 Å². The number of nitrogens with one attached hydrogen (secondary N) is 2. The van der Waals surface area contributed by atoms with Crippen molar-refractivity contribution in [2.45, 2.75) is 45.6 Å². The molecule has 1 aliphatic rings. The van der Waals surface area contributed by atoms with Gasteiger partial charge in [0.15, 0.2) is 0 Å². The Labute approximate surface area is 148 Å². The molecule has 2 N–H and O–H groups in total. The highest BCUT2D eigenvalue weighted by molar-refractivity contribution is 5.95. The number of hydrogen-bond acceptors (Lipinski definition) is 4. The van der Waals surface area contributed by atoms with Crippen LogP contribution in [0, 0.1) is 11.8 Å². The van der Waals surface area contributed by atoms with Crippen molar-refractivity contribution in [2.75, 3.05) is 12.4 Å². The van der Waals surface area contributed by atoms with Crippen LogP contribution in [0.5, 0.6) is 0 Å². The first-order chi connectivity index (χ1) is 11.9. The minimum Gasteiger partial charge on any atom is -0.465 e. The third kappa shape index (κ3) is 5.31. The first-order valence-electron chi connectivity index (χ1n) is 8.70. The van der Waals surface area contributed by atoms with Gasteiger partial charge in [-0.3, -0.25) is 9.59 Å². The van der Waals surface area contributed by atoms with Gasteiger partial charge in [-0.05, 0) is 57.7 Å². The molecule has 0 unspecified atom stereocenters. The van der Waals surface area contributed by atoms with Crippen LogP contribution >= 0.6 is 0 Å². The van der Waals surface area contributed by atoms with Crippen molar-refractivity contribution in [1.82, 2.24) is 5.32 Å². The molecule has 136 valence electrons. The molecule has 1 saturated carbocycles. The molecule has 0 radical (unpaired) electrons. The number of anilines is 1. The fraction of sp³-hybridized carbons (Fsp3) is 0.526. The van der Waals surface area contributed by atoms with Gasteiger partial charge < -0.3 is 15.4 Å². The van der Waals surface area contributed by atoms with E-state index in [4.69, 9.17) is 0 Å². The zero-order valence-electron chi connectivity index (χ0n) is 15.0. The summed E-state index contributed by atoms with van der Waals surface area (Å²) < 4.78 is 4.68. The number of carbonyl (C=O) groups excluding carboxylic acids is 3. The number of benzene rings is 1. The summed E-state index contributed by atoms with van der Waals surface area (Å²) in [7, 11) is 1.32. The van der Waals surface area contributed by atoms with Crippen LogP contribution in [0.1, 0.15) is 49.9 Å². The Bertz CT molecular complexity index is 634. The molecule has 0 atom stereocenters. The Kier molecular flexibility index (Phi) is 6.56. The van der Waals surface area contributed by atoms with Crippen LogP contribution in [0.2, 0.25) is 0 Å². The first kappa shape index (κ1) is 19.0. The fourth-order valence-corrected chi connectivity index (χ4v) is 3.11. The van der Waals surface area contributed by atoms with E-state index in [0.717, 1.165) is 12.8 Å². The van der Waals surface area contributed by atoms with E-state index in [1.807, 2.05) is 13.8 Å². The van der Waals surface area contributed by atoms with E-state index >= 15 is 0 Å². The Morgan fingerprint density at radius 2 is 1.64 bits per heavy atom. The maximum absolute atomic E-state index is 12.4. The Morgan fingerprint density at radius 1 is 1.04 bits per heavy atom. The molecule has 1 aromatic carbocycles. The number of rotatable bonds is 5. The molecule has 2 amide bonds. The van der Waals surface area contributed by atoms with Crippen molar-refractivity contribution in [3.05, 3.63) is 29.8 Å². The quantitative estimate of drug-likeness (QED) is 0.803. The van der Waals surface area contributed by atoms with Gasteiger partial charge in [-0.15, -0.1) is 0 Å². The van der Waals surface area contributed by atoms with Crippen molar-refractivity contribution in [2.24, 2.45) is 11.8 Å². The average molecular weight is 346 g/mol. The van der Waals surface area contributed by atoms with E-state index in [1.165, 1.54) is 7.11 Å². The fourth-order valence-electron chi connectivity index (χ4n) is 3.11. The highest BCUT2D eigenvalue weighted by Gasteiger charge is 2.30. The topological polar surface area (TPSA) is 84.5 Å². The van der Waals surface area contributed by atoms with Gasteiger partial charge in [-0.2, -0.15) is 0 Å². The molecular formula is C19H26N2O4. The van der Waals surface area contributed by atoms with Gasteiger partial charge in [0.1, 0.15) is 0 Å². The number of carbonyl (C=O) groups is 3. The summed E-state index contributed by atoms with van der Waals surface area (Å²) in [5.41, 5.74) is 0.974. The van der Waals surface area contributed by atoms with E-state index < -0.39 is 5.97 Å². The highest BCUT2D eigenvalue weighted by Crippen LogP contribution is 2.30. The van der Waals surface area contributed by atoms with Crippen LogP contribution in [-0.4, -0.2) is 30.9 Å². The normalized spacial score (nSPS) is 20.0. The maximum Gasteiger partial charge on any atom is 0.337 e. The van der Waals surface area contributed by atoms with E-state index in [2.05, 4.69) is 15.4 Å². The average Bonchev–Trinajstić information content (AvgIpc) is 2.60. The second-order valence-electron chi connectivity index (χ2n) is 6.77. The summed E-state index contributed by atoms with van der Waals surface area (Å²) >= 11 is 0. The zero-order valence-corrected chi connectivity index (χ0v) is 15.0. The third-order valence-corrected chi connectivity index (χ3v) is 4.45.